The van der Waals surface area contributed by atoms with Gasteiger partial charge in [-0.3, -0.25) is 4.68 Å². The van der Waals surface area contributed by atoms with Crippen molar-refractivity contribution >= 4 is 5.82 Å². The molecule has 0 aliphatic rings. The lowest BCUT2D eigenvalue weighted by Gasteiger charge is -2.10. The average Bonchev–Trinajstić information content (AvgIpc) is 2.56. The van der Waals surface area contributed by atoms with Crippen molar-refractivity contribution in [3.8, 4) is 17.4 Å². The van der Waals surface area contributed by atoms with Crippen LogP contribution in [-0.4, -0.2) is 26.9 Å². The number of aromatic nitrogens is 4. The third-order valence-electron chi connectivity index (χ3n) is 2.64. The Morgan fingerprint density at radius 2 is 1.94 bits per heavy atom. The highest BCUT2D eigenvalue weighted by molar-refractivity contribution is 5.53. The van der Waals surface area contributed by atoms with Crippen LogP contribution >= 0.6 is 0 Å². The molecule has 7 nitrogen and oxygen atoms in total. The van der Waals surface area contributed by atoms with Crippen molar-refractivity contribution in [2.45, 2.75) is 13.8 Å². The number of rotatable bonds is 3. The lowest BCUT2D eigenvalue weighted by atomic mass is 10.3. The predicted octanol–water partition coefficient (Wildman–Crippen LogP) is 1.21. The molecule has 0 unspecified atom stereocenters. The molecule has 0 aliphatic carbocycles. The van der Waals surface area contributed by atoms with Crippen molar-refractivity contribution < 1.29 is 9.47 Å². The Morgan fingerprint density at radius 3 is 2.50 bits per heavy atom. The zero-order chi connectivity index (χ0) is 13.3. The third-order valence-corrected chi connectivity index (χ3v) is 2.64. The quantitative estimate of drug-likeness (QED) is 0.879. The summed E-state index contributed by atoms with van der Waals surface area (Å²) in [6.07, 6.45) is 1.33. The molecular weight excluding hydrogens is 234 g/mol. The van der Waals surface area contributed by atoms with Crippen LogP contribution in [0.1, 0.15) is 11.4 Å². The molecule has 7 heteroatoms. The maximum Gasteiger partial charge on any atom is 0.268 e. The van der Waals surface area contributed by atoms with Crippen LogP contribution in [0.5, 0.6) is 17.4 Å². The smallest absolute Gasteiger partial charge is 0.268 e. The highest BCUT2D eigenvalue weighted by atomic mass is 16.5. The van der Waals surface area contributed by atoms with E-state index < -0.39 is 0 Å². The summed E-state index contributed by atoms with van der Waals surface area (Å²) in [4.78, 5) is 7.86. The van der Waals surface area contributed by atoms with E-state index in [1.807, 2.05) is 20.9 Å². The first-order valence-electron chi connectivity index (χ1n) is 5.37. The van der Waals surface area contributed by atoms with Crippen LogP contribution in [0.25, 0.3) is 0 Å². The second-order valence-corrected chi connectivity index (χ2v) is 3.82. The first-order chi connectivity index (χ1) is 8.54. The largest absolute Gasteiger partial charge is 0.489 e. The number of hydrogen-bond acceptors (Lipinski definition) is 6. The summed E-state index contributed by atoms with van der Waals surface area (Å²) in [5.74, 6) is 1.49. The average molecular weight is 249 g/mol. The Hall–Kier alpha value is -2.31. The zero-order valence-corrected chi connectivity index (χ0v) is 10.8. The van der Waals surface area contributed by atoms with Gasteiger partial charge in [0.05, 0.1) is 12.8 Å². The summed E-state index contributed by atoms with van der Waals surface area (Å²) in [6.45, 7) is 3.77. The molecule has 2 N–H and O–H groups in total. The maximum absolute atomic E-state index is 5.72. The molecule has 0 radical (unpaired) electrons. The van der Waals surface area contributed by atoms with E-state index in [1.165, 1.54) is 13.4 Å². The van der Waals surface area contributed by atoms with Gasteiger partial charge in [-0.1, -0.05) is 0 Å². The Labute approximate surface area is 105 Å². The van der Waals surface area contributed by atoms with Crippen LogP contribution in [0.3, 0.4) is 0 Å². The molecule has 0 saturated heterocycles. The maximum atomic E-state index is 5.72. The molecule has 0 fully saturated rings. The van der Waals surface area contributed by atoms with Crippen molar-refractivity contribution in [2.24, 2.45) is 7.05 Å². The molecule has 2 rings (SSSR count). The van der Waals surface area contributed by atoms with Gasteiger partial charge in [-0.15, -0.1) is 0 Å². The Bertz CT molecular complexity index is 579. The van der Waals surface area contributed by atoms with E-state index in [0.29, 0.717) is 11.5 Å². The first kappa shape index (κ1) is 12.2. The fourth-order valence-electron chi connectivity index (χ4n) is 1.63. The van der Waals surface area contributed by atoms with Crippen molar-refractivity contribution in [3.05, 3.63) is 17.7 Å². The van der Waals surface area contributed by atoms with Crippen LogP contribution in [0, 0.1) is 13.8 Å². The summed E-state index contributed by atoms with van der Waals surface area (Å²) < 4.78 is 12.6. The molecule has 0 saturated carbocycles. The molecule has 96 valence electrons. The van der Waals surface area contributed by atoms with Gasteiger partial charge in [-0.2, -0.15) is 10.1 Å². The van der Waals surface area contributed by atoms with Crippen LogP contribution < -0.4 is 15.2 Å². The predicted molar refractivity (Wildman–Crippen MR) is 65.8 cm³/mol. The standard InChI is InChI=1S/C11H15N5O2/c1-6-8(7(2)16(3)15-6)18-11-9(17-4)10(12)13-5-14-11/h5H,1-4H3,(H2,12,13,14). The fraction of sp³-hybridized carbons (Fsp3) is 0.364. The summed E-state index contributed by atoms with van der Waals surface area (Å²) in [5, 5.41) is 4.26. The molecule has 0 aromatic carbocycles. The topological polar surface area (TPSA) is 88.1 Å². The van der Waals surface area contributed by atoms with Crippen LogP contribution in [-0.2, 0) is 7.05 Å². The van der Waals surface area contributed by atoms with Crippen molar-refractivity contribution in [3.63, 3.8) is 0 Å². The van der Waals surface area contributed by atoms with E-state index in [4.69, 9.17) is 15.2 Å². The molecule has 2 aromatic rings. The molecule has 2 aromatic heterocycles. The van der Waals surface area contributed by atoms with Gasteiger partial charge in [0.1, 0.15) is 12.0 Å². The summed E-state index contributed by atoms with van der Waals surface area (Å²) in [5.41, 5.74) is 7.36. The van der Waals surface area contributed by atoms with Gasteiger partial charge in [0.15, 0.2) is 11.6 Å². The van der Waals surface area contributed by atoms with Gasteiger partial charge < -0.3 is 15.2 Å². The third kappa shape index (κ3) is 1.94. The second kappa shape index (κ2) is 4.52. The highest BCUT2D eigenvalue weighted by Crippen LogP contribution is 2.34. The molecule has 18 heavy (non-hydrogen) atoms. The number of hydrogen-bond donors (Lipinski definition) is 1. The number of nitrogens with zero attached hydrogens (tertiary/aromatic N) is 4. The number of nitrogens with two attached hydrogens (primary N) is 1. The highest BCUT2D eigenvalue weighted by Gasteiger charge is 2.17. The Morgan fingerprint density at radius 1 is 1.22 bits per heavy atom. The first-order valence-corrected chi connectivity index (χ1v) is 5.37. The fourth-order valence-corrected chi connectivity index (χ4v) is 1.63. The van der Waals surface area contributed by atoms with Gasteiger partial charge in [0.25, 0.3) is 5.88 Å². The minimum atomic E-state index is 0.238. The van der Waals surface area contributed by atoms with Gasteiger partial charge in [-0.05, 0) is 13.8 Å². The van der Waals surface area contributed by atoms with E-state index in [0.717, 1.165) is 11.4 Å². The SMILES string of the molecule is COc1c(N)ncnc1Oc1c(C)nn(C)c1C. The molecule has 0 bridgehead atoms. The van der Waals surface area contributed by atoms with Crippen molar-refractivity contribution in [1.82, 2.24) is 19.7 Å². The molecule has 0 spiro atoms. The number of aryl methyl sites for hydroxylation is 2. The van der Waals surface area contributed by atoms with Gasteiger partial charge in [-0.25, -0.2) is 4.98 Å². The zero-order valence-electron chi connectivity index (χ0n) is 10.8. The number of methoxy groups -OCH3 is 1. The minimum absolute atomic E-state index is 0.238. The monoisotopic (exact) mass is 249 g/mol. The lowest BCUT2D eigenvalue weighted by molar-refractivity contribution is 0.367. The van der Waals surface area contributed by atoms with Crippen molar-refractivity contribution in [1.29, 1.82) is 0 Å². The lowest BCUT2D eigenvalue weighted by Crippen LogP contribution is -2.01. The second-order valence-electron chi connectivity index (χ2n) is 3.82. The summed E-state index contributed by atoms with van der Waals surface area (Å²) in [6, 6.07) is 0. The minimum Gasteiger partial charge on any atom is -0.489 e. The van der Waals surface area contributed by atoms with E-state index in [2.05, 4.69) is 15.1 Å². The van der Waals surface area contributed by atoms with Crippen LogP contribution in [0.4, 0.5) is 5.82 Å². The normalized spacial score (nSPS) is 10.4. The van der Waals surface area contributed by atoms with E-state index in [1.54, 1.807) is 4.68 Å². The molecule has 0 amide bonds. The van der Waals surface area contributed by atoms with E-state index >= 15 is 0 Å². The number of ether oxygens (including phenoxy) is 2. The van der Waals surface area contributed by atoms with Gasteiger partial charge in [0.2, 0.25) is 5.75 Å². The van der Waals surface area contributed by atoms with Crippen LogP contribution in [0.2, 0.25) is 0 Å². The van der Waals surface area contributed by atoms with Gasteiger partial charge >= 0.3 is 0 Å². The Balaban J connectivity index is 2.43. The van der Waals surface area contributed by atoms with Gasteiger partial charge in [0, 0.05) is 7.05 Å². The van der Waals surface area contributed by atoms with E-state index in [-0.39, 0.29) is 11.7 Å². The molecule has 0 aliphatic heterocycles. The van der Waals surface area contributed by atoms with Crippen molar-refractivity contribution in [2.75, 3.05) is 12.8 Å². The summed E-state index contributed by atoms with van der Waals surface area (Å²) in [7, 11) is 3.34. The molecular formula is C11H15N5O2. The number of nitrogen functional groups attached to an aromatic ring is 1. The molecule has 0 atom stereocenters. The molecule has 2 heterocycles. The van der Waals surface area contributed by atoms with E-state index in [9.17, 15) is 0 Å². The summed E-state index contributed by atoms with van der Waals surface area (Å²) >= 11 is 0. The Kier molecular flexibility index (Phi) is 3.05. The number of anilines is 1. The van der Waals surface area contributed by atoms with Crippen LogP contribution in [0.15, 0.2) is 6.33 Å².